The fourth-order valence-electron chi connectivity index (χ4n) is 2.19. The maximum atomic E-state index is 10.7. The lowest BCUT2D eigenvalue weighted by Crippen LogP contribution is -2.26. The Balaban J connectivity index is 2.31. The maximum Gasteiger partial charge on any atom is 0.317 e. The highest BCUT2D eigenvalue weighted by atomic mass is 16.4. The molecule has 0 fully saturated rings. The van der Waals surface area contributed by atoms with Crippen molar-refractivity contribution in [2.75, 3.05) is 13.6 Å². The quantitative estimate of drug-likeness (QED) is 0.861. The van der Waals surface area contributed by atoms with Crippen molar-refractivity contribution < 1.29 is 9.90 Å². The van der Waals surface area contributed by atoms with Crippen molar-refractivity contribution in [3.63, 3.8) is 0 Å². The molecule has 0 saturated carbocycles. The smallest absolute Gasteiger partial charge is 0.317 e. The van der Waals surface area contributed by atoms with E-state index in [9.17, 15) is 4.79 Å². The fourth-order valence-corrected chi connectivity index (χ4v) is 2.19. The number of hydrogen-bond acceptors (Lipinski definition) is 4. The molecule has 0 aliphatic rings. The highest BCUT2D eigenvalue weighted by Crippen LogP contribution is 2.17. The molecule has 0 aliphatic heterocycles. The molecule has 104 valence electrons. The minimum Gasteiger partial charge on any atom is -0.480 e. The molecule has 1 aromatic heterocycles. The molecule has 0 bridgehead atoms. The van der Waals surface area contributed by atoms with Gasteiger partial charge in [0.2, 0.25) is 0 Å². The number of aryl methyl sites for hydroxylation is 1. The second kappa shape index (κ2) is 6.17. The lowest BCUT2D eigenvalue weighted by molar-refractivity contribution is -0.138. The Morgan fingerprint density at radius 2 is 2.25 bits per heavy atom. The van der Waals surface area contributed by atoms with E-state index in [1.807, 2.05) is 28.8 Å². The van der Waals surface area contributed by atoms with Crippen LogP contribution >= 0.6 is 0 Å². The summed E-state index contributed by atoms with van der Waals surface area (Å²) in [6.07, 6.45) is 0.399. The zero-order valence-corrected chi connectivity index (χ0v) is 11.3. The summed E-state index contributed by atoms with van der Waals surface area (Å²) in [5.74, 6) is -0.0858. The summed E-state index contributed by atoms with van der Waals surface area (Å²) in [6, 6.07) is 9.84. The number of hydrogen-bond donors (Lipinski definition) is 1. The molecule has 2 rings (SSSR count). The van der Waals surface area contributed by atoms with Gasteiger partial charge in [0.05, 0.1) is 36.6 Å². The van der Waals surface area contributed by atoms with Crippen molar-refractivity contribution in [1.29, 1.82) is 5.26 Å². The standard InChI is InChI=1S/C14H16N4O2/c1-17(10-14(19)20)9-13-16-11-5-2-3-6-12(11)18(13)8-4-7-15/h2-3,5-6H,4,8-10H2,1H3,(H,19,20). The highest BCUT2D eigenvalue weighted by Gasteiger charge is 2.13. The second-order valence-corrected chi connectivity index (χ2v) is 4.64. The number of likely N-dealkylation sites (N-methyl/N-ethyl adjacent to an activating group) is 1. The number of carbonyl (C=O) groups is 1. The number of imidazole rings is 1. The van der Waals surface area contributed by atoms with E-state index < -0.39 is 5.97 Å². The van der Waals surface area contributed by atoms with Crippen molar-refractivity contribution in [1.82, 2.24) is 14.5 Å². The van der Waals surface area contributed by atoms with Gasteiger partial charge in [0.25, 0.3) is 0 Å². The van der Waals surface area contributed by atoms with Crippen LogP contribution in [-0.2, 0) is 17.9 Å². The summed E-state index contributed by atoms with van der Waals surface area (Å²) >= 11 is 0. The third kappa shape index (κ3) is 3.13. The van der Waals surface area contributed by atoms with Crippen molar-refractivity contribution in [3.05, 3.63) is 30.1 Å². The Morgan fingerprint density at radius 1 is 1.50 bits per heavy atom. The van der Waals surface area contributed by atoms with Gasteiger partial charge < -0.3 is 9.67 Å². The SMILES string of the molecule is CN(CC(=O)O)Cc1nc2ccccc2n1CCC#N. The van der Waals surface area contributed by atoms with Crippen LogP contribution in [0.2, 0.25) is 0 Å². The number of fused-ring (bicyclic) bond motifs is 1. The number of rotatable bonds is 6. The molecule has 0 unspecified atom stereocenters. The lowest BCUT2D eigenvalue weighted by atomic mass is 10.3. The predicted molar refractivity (Wildman–Crippen MR) is 73.9 cm³/mol. The fraction of sp³-hybridized carbons (Fsp3) is 0.357. The van der Waals surface area contributed by atoms with E-state index in [2.05, 4.69) is 11.1 Å². The van der Waals surface area contributed by atoms with Crippen molar-refractivity contribution in [3.8, 4) is 6.07 Å². The number of benzene rings is 1. The molecule has 0 atom stereocenters. The van der Waals surface area contributed by atoms with Gasteiger partial charge in [0.1, 0.15) is 5.82 Å². The molecule has 0 aliphatic carbocycles. The van der Waals surface area contributed by atoms with Crippen LogP contribution < -0.4 is 0 Å². The summed E-state index contributed by atoms with van der Waals surface area (Å²) in [5, 5.41) is 17.6. The molecular weight excluding hydrogens is 256 g/mol. The molecule has 20 heavy (non-hydrogen) atoms. The molecule has 6 heteroatoms. The van der Waals surface area contributed by atoms with Gasteiger partial charge in [-0.1, -0.05) is 12.1 Å². The Morgan fingerprint density at radius 3 is 2.95 bits per heavy atom. The summed E-state index contributed by atoms with van der Waals surface area (Å²) in [7, 11) is 1.74. The van der Waals surface area contributed by atoms with Gasteiger partial charge in [-0.2, -0.15) is 5.26 Å². The summed E-state index contributed by atoms with van der Waals surface area (Å²) in [5.41, 5.74) is 1.84. The first-order valence-corrected chi connectivity index (χ1v) is 6.33. The van der Waals surface area contributed by atoms with Gasteiger partial charge in [-0.05, 0) is 19.2 Å². The third-order valence-electron chi connectivity index (χ3n) is 3.00. The van der Waals surface area contributed by atoms with Crippen LogP contribution in [-0.4, -0.2) is 39.1 Å². The predicted octanol–water partition coefficient (Wildman–Crippen LogP) is 1.47. The first kappa shape index (κ1) is 14.0. The van der Waals surface area contributed by atoms with E-state index in [4.69, 9.17) is 10.4 Å². The van der Waals surface area contributed by atoms with E-state index in [0.29, 0.717) is 19.5 Å². The molecule has 0 amide bonds. The molecule has 1 N–H and O–H groups in total. The molecular formula is C14H16N4O2. The van der Waals surface area contributed by atoms with E-state index in [0.717, 1.165) is 16.9 Å². The van der Waals surface area contributed by atoms with Crippen LogP contribution in [0.15, 0.2) is 24.3 Å². The number of nitrogens with zero attached hydrogens (tertiary/aromatic N) is 4. The monoisotopic (exact) mass is 272 g/mol. The molecule has 1 aromatic carbocycles. The highest BCUT2D eigenvalue weighted by molar-refractivity contribution is 5.76. The zero-order chi connectivity index (χ0) is 14.5. The van der Waals surface area contributed by atoms with Crippen molar-refractivity contribution in [2.45, 2.75) is 19.5 Å². The number of carboxylic acids is 1. The van der Waals surface area contributed by atoms with Crippen LogP contribution in [0.25, 0.3) is 11.0 Å². The summed E-state index contributed by atoms with van der Waals surface area (Å²) < 4.78 is 1.98. The minimum atomic E-state index is -0.868. The zero-order valence-electron chi connectivity index (χ0n) is 11.3. The number of aliphatic carboxylic acids is 1. The van der Waals surface area contributed by atoms with Crippen molar-refractivity contribution >= 4 is 17.0 Å². The molecule has 1 heterocycles. The van der Waals surface area contributed by atoms with Crippen LogP contribution in [0.1, 0.15) is 12.2 Å². The Labute approximate surface area is 116 Å². The van der Waals surface area contributed by atoms with Gasteiger partial charge in [-0.25, -0.2) is 4.98 Å². The summed E-state index contributed by atoms with van der Waals surface area (Å²) in [6.45, 7) is 0.959. The van der Waals surface area contributed by atoms with Gasteiger partial charge in [-0.15, -0.1) is 0 Å². The van der Waals surface area contributed by atoms with E-state index in [1.165, 1.54) is 0 Å². The Bertz CT molecular complexity index is 657. The van der Waals surface area contributed by atoms with Crippen LogP contribution in [0.3, 0.4) is 0 Å². The lowest BCUT2D eigenvalue weighted by Gasteiger charge is -2.14. The average Bonchev–Trinajstić information content (AvgIpc) is 2.72. The van der Waals surface area contributed by atoms with Crippen LogP contribution in [0.4, 0.5) is 0 Å². The normalized spacial score (nSPS) is 10.8. The van der Waals surface area contributed by atoms with E-state index in [-0.39, 0.29) is 6.54 Å². The Kier molecular flexibility index (Phi) is 4.33. The first-order chi connectivity index (χ1) is 9.61. The summed E-state index contributed by atoms with van der Waals surface area (Å²) in [4.78, 5) is 16.9. The molecule has 0 radical (unpaired) electrons. The van der Waals surface area contributed by atoms with Gasteiger partial charge in [0, 0.05) is 6.54 Å². The number of nitriles is 1. The van der Waals surface area contributed by atoms with Crippen molar-refractivity contribution in [2.24, 2.45) is 0 Å². The first-order valence-electron chi connectivity index (χ1n) is 6.33. The average molecular weight is 272 g/mol. The Hall–Kier alpha value is -2.39. The van der Waals surface area contributed by atoms with E-state index in [1.54, 1.807) is 11.9 Å². The largest absolute Gasteiger partial charge is 0.480 e. The molecule has 6 nitrogen and oxygen atoms in total. The molecule has 0 saturated heterocycles. The van der Waals surface area contributed by atoms with E-state index >= 15 is 0 Å². The number of para-hydroxylation sites is 2. The second-order valence-electron chi connectivity index (χ2n) is 4.64. The van der Waals surface area contributed by atoms with Gasteiger partial charge in [0.15, 0.2) is 0 Å². The molecule has 0 spiro atoms. The van der Waals surface area contributed by atoms with Gasteiger partial charge >= 0.3 is 5.97 Å². The third-order valence-corrected chi connectivity index (χ3v) is 3.00. The molecule has 2 aromatic rings. The number of aromatic nitrogens is 2. The topological polar surface area (TPSA) is 82.2 Å². The number of carboxylic acid groups (broad SMARTS) is 1. The maximum absolute atomic E-state index is 10.7. The van der Waals surface area contributed by atoms with Crippen LogP contribution in [0.5, 0.6) is 0 Å². The van der Waals surface area contributed by atoms with Gasteiger partial charge in [-0.3, -0.25) is 9.69 Å². The minimum absolute atomic E-state index is 0.0402. The van der Waals surface area contributed by atoms with Crippen LogP contribution in [0, 0.1) is 11.3 Å².